The van der Waals surface area contributed by atoms with Crippen molar-refractivity contribution in [2.24, 2.45) is 5.92 Å². The molecule has 34 heavy (non-hydrogen) atoms. The van der Waals surface area contributed by atoms with Crippen molar-refractivity contribution in [2.75, 3.05) is 18.6 Å². The van der Waals surface area contributed by atoms with Gasteiger partial charge in [-0.25, -0.2) is 4.98 Å². The predicted molar refractivity (Wildman–Crippen MR) is 124 cm³/mol. The molecule has 0 radical (unpaired) electrons. The number of rotatable bonds is 7. The van der Waals surface area contributed by atoms with Gasteiger partial charge in [0, 0.05) is 42.8 Å². The van der Waals surface area contributed by atoms with Crippen molar-refractivity contribution in [1.82, 2.24) is 9.55 Å². The Balaban J connectivity index is 1.55. The van der Waals surface area contributed by atoms with Crippen LogP contribution in [0.15, 0.2) is 73.3 Å². The van der Waals surface area contributed by atoms with Gasteiger partial charge in [-0.1, -0.05) is 30.3 Å². The lowest BCUT2D eigenvalue weighted by atomic mass is 9.89. The lowest BCUT2D eigenvalue weighted by Crippen LogP contribution is -2.35. The normalized spacial score (nSPS) is 18.3. The van der Waals surface area contributed by atoms with E-state index in [2.05, 4.69) is 11.1 Å². The number of ether oxygens (including phenoxy) is 1. The van der Waals surface area contributed by atoms with E-state index in [1.165, 1.54) is 6.07 Å². The number of nitrogens with zero attached hydrogens (tertiary/aromatic N) is 4. The van der Waals surface area contributed by atoms with E-state index in [1.54, 1.807) is 31.7 Å². The molecule has 0 spiro atoms. The molecule has 176 valence electrons. The first-order valence-corrected chi connectivity index (χ1v) is 11.0. The van der Waals surface area contributed by atoms with Crippen LogP contribution in [-0.2, 0) is 17.5 Å². The highest BCUT2D eigenvalue weighted by Gasteiger charge is 2.35. The van der Waals surface area contributed by atoms with Crippen LogP contribution in [0.25, 0.3) is 5.70 Å². The van der Waals surface area contributed by atoms with E-state index in [1.807, 2.05) is 46.0 Å². The van der Waals surface area contributed by atoms with Crippen LogP contribution < -0.4 is 4.90 Å². The Labute approximate surface area is 196 Å². The van der Waals surface area contributed by atoms with Crippen molar-refractivity contribution in [3.8, 4) is 6.07 Å². The summed E-state index contributed by atoms with van der Waals surface area (Å²) < 4.78 is 48.3. The molecule has 2 atom stereocenters. The van der Waals surface area contributed by atoms with Gasteiger partial charge in [0.1, 0.15) is 0 Å². The number of benzene rings is 2. The maximum atomic E-state index is 13.5. The van der Waals surface area contributed by atoms with Crippen molar-refractivity contribution in [3.63, 3.8) is 0 Å². The van der Waals surface area contributed by atoms with Crippen LogP contribution in [0.2, 0.25) is 0 Å². The van der Waals surface area contributed by atoms with Gasteiger partial charge in [-0.2, -0.15) is 18.4 Å². The molecule has 0 N–H and O–H groups in total. The summed E-state index contributed by atoms with van der Waals surface area (Å²) in [5, 5.41) is 9.08. The van der Waals surface area contributed by atoms with Gasteiger partial charge in [-0.3, -0.25) is 0 Å². The number of hydrogen-bond acceptors (Lipinski definition) is 4. The average molecular weight is 467 g/mol. The molecule has 1 aromatic heterocycles. The Morgan fingerprint density at radius 1 is 1.18 bits per heavy atom. The van der Waals surface area contributed by atoms with Gasteiger partial charge >= 0.3 is 6.18 Å². The van der Waals surface area contributed by atoms with Gasteiger partial charge in [0.25, 0.3) is 0 Å². The Kier molecular flexibility index (Phi) is 7.03. The minimum atomic E-state index is -4.59. The van der Waals surface area contributed by atoms with Crippen LogP contribution in [0.1, 0.15) is 29.5 Å². The predicted octanol–water partition coefficient (Wildman–Crippen LogP) is 5.75. The Morgan fingerprint density at radius 2 is 1.97 bits per heavy atom. The zero-order valence-corrected chi connectivity index (χ0v) is 18.7. The first-order chi connectivity index (χ1) is 16.4. The standard InChI is InChI=1S/C26H25F3N4O/c1-32(22-9-7-20(15-30)24(13-22)26(27,28)29)23-10-8-21(25(14-23)33-12-11-31-18-33)17-34-16-19-5-3-2-4-6-19/h2-7,9,11-14,18,21,23H,8,10,16-17H2,1H3. The highest BCUT2D eigenvalue weighted by Crippen LogP contribution is 2.37. The van der Waals surface area contributed by atoms with E-state index in [4.69, 9.17) is 10.00 Å². The molecule has 4 rings (SSSR count). The Morgan fingerprint density at radius 3 is 2.65 bits per heavy atom. The molecule has 0 fully saturated rings. The summed E-state index contributed by atoms with van der Waals surface area (Å²) in [6.45, 7) is 1.05. The van der Waals surface area contributed by atoms with Crippen LogP contribution in [0, 0.1) is 17.2 Å². The molecule has 1 heterocycles. The summed E-state index contributed by atoms with van der Waals surface area (Å²) in [5.41, 5.74) is 1.24. The molecule has 8 heteroatoms. The lowest BCUT2D eigenvalue weighted by molar-refractivity contribution is -0.137. The molecule has 1 aliphatic carbocycles. The van der Waals surface area contributed by atoms with Gasteiger partial charge in [0.15, 0.2) is 0 Å². The van der Waals surface area contributed by atoms with Crippen LogP contribution >= 0.6 is 0 Å². The maximum Gasteiger partial charge on any atom is 0.417 e. The Bertz CT molecular complexity index is 1170. The van der Waals surface area contributed by atoms with E-state index in [0.717, 1.165) is 30.2 Å². The third-order valence-corrected chi connectivity index (χ3v) is 6.16. The van der Waals surface area contributed by atoms with Crippen LogP contribution in [-0.4, -0.2) is 29.2 Å². The van der Waals surface area contributed by atoms with Crippen LogP contribution in [0.4, 0.5) is 18.9 Å². The fourth-order valence-corrected chi connectivity index (χ4v) is 4.29. The number of alkyl halides is 3. The molecule has 0 aliphatic heterocycles. The third-order valence-electron chi connectivity index (χ3n) is 6.16. The number of hydrogen-bond donors (Lipinski definition) is 0. The van der Waals surface area contributed by atoms with Gasteiger partial charge in [0.2, 0.25) is 0 Å². The van der Waals surface area contributed by atoms with Gasteiger partial charge < -0.3 is 14.2 Å². The fourth-order valence-electron chi connectivity index (χ4n) is 4.29. The third kappa shape index (κ3) is 5.32. The highest BCUT2D eigenvalue weighted by atomic mass is 19.4. The molecule has 5 nitrogen and oxygen atoms in total. The zero-order valence-electron chi connectivity index (χ0n) is 18.7. The number of anilines is 1. The SMILES string of the molecule is CN(c1ccc(C#N)c(C(F)(F)F)c1)C1C=C(n2ccnc2)C(COCc2ccccc2)CC1. The minimum Gasteiger partial charge on any atom is -0.376 e. The zero-order chi connectivity index (χ0) is 24.1. The second-order valence-electron chi connectivity index (χ2n) is 8.35. The van der Waals surface area contributed by atoms with Crippen LogP contribution in [0.5, 0.6) is 0 Å². The summed E-state index contributed by atoms with van der Waals surface area (Å²) in [6.07, 6.45) is 4.35. The highest BCUT2D eigenvalue weighted by molar-refractivity contribution is 5.58. The molecular formula is C26H25F3N4O. The van der Waals surface area contributed by atoms with E-state index >= 15 is 0 Å². The summed E-state index contributed by atoms with van der Waals surface area (Å²) in [7, 11) is 1.78. The monoisotopic (exact) mass is 466 g/mol. The van der Waals surface area contributed by atoms with Crippen molar-refractivity contribution in [1.29, 1.82) is 5.26 Å². The molecule has 2 aromatic carbocycles. The number of nitriles is 1. The second-order valence-corrected chi connectivity index (χ2v) is 8.35. The van der Waals surface area contributed by atoms with Gasteiger partial charge in [0.05, 0.1) is 36.7 Å². The number of imidazole rings is 1. The van der Waals surface area contributed by atoms with E-state index < -0.39 is 11.7 Å². The molecule has 2 unspecified atom stereocenters. The van der Waals surface area contributed by atoms with E-state index in [0.29, 0.717) is 18.9 Å². The maximum absolute atomic E-state index is 13.5. The molecule has 0 saturated heterocycles. The fraction of sp³-hybridized carbons (Fsp3) is 0.308. The number of aromatic nitrogens is 2. The van der Waals surface area contributed by atoms with Crippen molar-refractivity contribution in [2.45, 2.75) is 31.7 Å². The molecule has 0 saturated carbocycles. The lowest BCUT2D eigenvalue weighted by Gasteiger charge is -2.35. The topological polar surface area (TPSA) is 54.1 Å². The summed E-state index contributed by atoms with van der Waals surface area (Å²) in [4.78, 5) is 5.99. The average Bonchev–Trinajstić information content (AvgIpc) is 3.38. The van der Waals surface area contributed by atoms with Gasteiger partial charge in [-0.05, 0) is 42.7 Å². The summed E-state index contributed by atoms with van der Waals surface area (Å²) in [6, 6.07) is 15.3. The van der Waals surface area contributed by atoms with Crippen molar-refractivity contribution in [3.05, 3.63) is 90.0 Å². The first kappa shape index (κ1) is 23.6. The van der Waals surface area contributed by atoms with E-state index in [9.17, 15) is 13.2 Å². The number of halogens is 3. The largest absolute Gasteiger partial charge is 0.417 e. The minimum absolute atomic E-state index is 0.114. The van der Waals surface area contributed by atoms with Crippen molar-refractivity contribution >= 4 is 11.4 Å². The molecule has 3 aromatic rings. The quantitative estimate of drug-likeness (QED) is 0.445. The second kappa shape index (κ2) is 10.1. The first-order valence-electron chi connectivity index (χ1n) is 11.0. The molecule has 0 amide bonds. The summed E-state index contributed by atoms with van der Waals surface area (Å²) in [5.74, 6) is 0.134. The van der Waals surface area contributed by atoms with Gasteiger partial charge in [-0.15, -0.1) is 0 Å². The smallest absolute Gasteiger partial charge is 0.376 e. The van der Waals surface area contributed by atoms with Crippen molar-refractivity contribution < 1.29 is 17.9 Å². The molecular weight excluding hydrogens is 441 g/mol. The molecule has 0 bridgehead atoms. The Hall–Kier alpha value is -3.57. The van der Waals surface area contributed by atoms with Crippen LogP contribution in [0.3, 0.4) is 0 Å². The summed E-state index contributed by atoms with van der Waals surface area (Å²) >= 11 is 0. The number of likely N-dealkylation sites (N-methyl/N-ethyl adjacent to an activating group) is 1. The molecule has 1 aliphatic rings. The van der Waals surface area contributed by atoms with E-state index in [-0.39, 0.29) is 17.5 Å².